The van der Waals surface area contributed by atoms with Gasteiger partial charge in [-0.15, -0.1) is 0 Å². The van der Waals surface area contributed by atoms with E-state index in [0.717, 1.165) is 11.3 Å². The number of para-hydroxylation sites is 1. The molecule has 1 aliphatic rings. The fraction of sp³-hybridized carbons (Fsp3) is 0.350. The molecule has 0 bridgehead atoms. The van der Waals surface area contributed by atoms with E-state index in [1.54, 1.807) is 12.1 Å². The zero-order chi connectivity index (χ0) is 18.5. The second-order valence-electron chi connectivity index (χ2n) is 6.46. The van der Waals surface area contributed by atoms with E-state index in [-0.39, 0.29) is 11.7 Å². The van der Waals surface area contributed by atoms with E-state index in [2.05, 4.69) is 5.32 Å². The molecule has 1 heterocycles. The molecular weight excluding hydrogens is 353 g/mol. The molecule has 2 aromatic rings. The van der Waals surface area contributed by atoms with Crippen molar-refractivity contribution < 1.29 is 9.18 Å². The molecule has 4 nitrogen and oxygen atoms in total. The highest BCUT2D eigenvalue weighted by atomic mass is 35.5. The van der Waals surface area contributed by atoms with Crippen LogP contribution in [0.1, 0.15) is 12.0 Å². The minimum Gasteiger partial charge on any atom is -0.384 e. The molecular formula is C20H23ClFN3O. The SMILES string of the molecule is Cc1ccc(NCCC(=O)N2CCN(c3ccccc3F)CC2)cc1Cl. The highest BCUT2D eigenvalue weighted by Gasteiger charge is 2.22. The van der Waals surface area contributed by atoms with Gasteiger partial charge in [0.1, 0.15) is 5.82 Å². The maximum Gasteiger partial charge on any atom is 0.224 e. The van der Waals surface area contributed by atoms with Crippen LogP contribution in [0.4, 0.5) is 15.8 Å². The molecule has 138 valence electrons. The molecule has 0 unspecified atom stereocenters. The van der Waals surface area contributed by atoms with Crippen LogP contribution < -0.4 is 10.2 Å². The fourth-order valence-corrected chi connectivity index (χ4v) is 3.26. The van der Waals surface area contributed by atoms with E-state index >= 15 is 0 Å². The molecule has 0 spiro atoms. The van der Waals surface area contributed by atoms with Crippen LogP contribution in [0.3, 0.4) is 0 Å². The van der Waals surface area contributed by atoms with E-state index in [4.69, 9.17) is 11.6 Å². The van der Waals surface area contributed by atoms with Gasteiger partial charge in [-0.2, -0.15) is 0 Å². The van der Waals surface area contributed by atoms with Crippen LogP contribution in [-0.4, -0.2) is 43.5 Å². The number of anilines is 2. The molecule has 0 aliphatic carbocycles. The molecule has 1 saturated heterocycles. The number of hydrogen-bond acceptors (Lipinski definition) is 3. The molecule has 2 aromatic carbocycles. The molecule has 26 heavy (non-hydrogen) atoms. The summed E-state index contributed by atoms with van der Waals surface area (Å²) in [4.78, 5) is 16.2. The summed E-state index contributed by atoms with van der Waals surface area (Å²) in [6, 6.07) is 12.5. The number of amides is 1. The van der Waals surface area contributed by atoms with Gasteiger partial charge in [0.25, 0.3) is 0 Å². The third-order valence-electron chi connectivity index (χ3n) is 4.67. The summed E-state index contributed by atoms with van der Waals surface area (Å²) in [5.74, 6) is -0.0999. The van der Waals surface area contributed by atoms with Gasteiger partial charge in [-0.3, -0.25) is 4.79 Å². The Hall–Kier alpha value is -2.27. The molecule has 1 amide bonds. The first-order valence-corrected chi connectivity index (χ1v) is 9.19. The van der Waals surface area contributed by atoms with Crippen molar-refractivity contribution >= 4 is 28.9 Å². The van der Waals surface area contributed by atoms with Gasteiger partial charge < -0.3 is 15.1 Å². The van der Waals surface area contributed by atoms with Gasteiger partial charge in [-0.25, -0.2) is 4.39 Å². The largest absolute Gasteiger partial charge is 0.384 e. The zero-order valence-electron chi connectivity index (χ0n) is 14.8. The average molecular weight is 376 g/mol. The Morgan fingerprint density at radius 3 is 2.58 bits per heavy atom. The number of carbonyl (C=O) groups is 1. The Bertz CT molecular complexity index is 775. The van der Waals surface area contributed by atoms with Crippen LogP contribution in [0.15, 0.2) is 42.5 Å². The number of halogens is 2. The van der Waals surface area contributed by atoms with Crippen LogP contribution in [0.25, 0.3) is 0 Å². The Labute approximate surface area is 158 Å². The van der Waals surface area contributed by atoms with Crippen molar-refractivity contribution in [3.8, 4) is 0 Å². The number of rotatable bonds is 5. The maximum atomic E-state index is 13.9. The highest BCUT2D eigenvalue weighted by molar-refractivity contribution is 6.31. The van der Waals surface area contributed by atoms with E-state index in [1.807, 2.05) is 41.0 Å². The summed E-state index contributed by atoms with van der Waals surface area (Å²) < 4.78 is 13.9. The fourth-order valence-electron chi connectivity index (χ4n) is 3.08. The first-order chi connectivity index (χ1) is 12.5. The number of aryl methyl sites for hydroxylation is 1. The average Bonchev–Trinajstić information content (AvgIpc) is 2.65. The minimum absolute atomic E-state index is 0.115. The van der Waals surface area contributed by atoms with Gasteiger partial charge >= 0.3 is 0 Å². The van der Waals surface area contributed by atoms with Crippen molar-refractivity contribution in [2.75, 3.05) is 42.9 Å². The Morgan fingerprint density at radius 2 is 1.88 bits per heavy atom. The smallest absolute Gasteiger partial charge is 0.224 e. The number of carbonyl (C=O) groups excluding carboxylic acids is 1. The molecule has 1 N–H and O–H groups in total. The van der Waals surface area contributed by atoms with Crippen molar-refractivity contribution in [2.45, 2.75) is 13.3 Å². The van der Waals surface area contributed by atoms with Crippen molar-refractivity contribution in [2.24, 2.45) is 0 Å². The lowest BCUT2D eigenvalue weighted by atomic mass is 10.2. The number of piperazine rings is 1. The summed E-state index contributed by atoms with van der Waals surface area (Å²) >= 11 is 6.11. The summed E-state index contributed by atoms with van der Waals surface area (Å²) in [5.41, 5.74) is 2.55. The number of nitrogens with one attached hydrogen (secondary N) is 1. The molecule has 3 rings (SSSR count). The van der Waals surface area contributed by atoms with Gasteiger partial charge in [-0.05, 0) is 36.8 Å². The normalized spacial score (nSPS) is 14.4. The quantitative estimate of drug-likeness (QED) is 0.859. The Morgan fingerprint density at radius 1 is 1.15 bits per heavy atom. The van der Waals surface area contributed by atoms with Gasteiger partial charge in [0.05, 0.1) is 5.69 Å². The summed E-state index contributed by atoms with van der Waals surface area (Å²) in [6.45, 7) is 5.04. The number of hydrogen-bond donors (Lipinski definition) is 1. The second kappa shape index (κ2) is 8.41. The van der Waals surface area contributed by atoms with Gasteiger partial charge in [0.15, 0.2) is 0 Å². The molecule has 0 radical (unpaired) electrons. The van der Waals surface area contributed by atoms with E-state index in [0.29, 0.717) is 49.9 Å². The maximum absolute atomic E-state index is 13.9. The van der Waals surface area contributed by atoms with Crippen LogP contribution >= 0.6 is 11.6 Å². The first kappa shape index (κ1) is 18.5. The zero-order valence-corrected chi connectivity index (χ0v) is 15.6. The number of nitrogens with zero attached hydrogens (tertiary/aromatic N) is 2. The summed E-state index contributed by atoms with van der Waals surface area (Å²) in [6.07, 6.45) is 0.422. The summed E-state index contributed by atoms with van der Waals surface area (Å²) in [7, 11) is 0. The molecule has 1 aliphatic heterocycles. The lowest BCUT2D eigenvalue weighted by molar-refractivity contribution is -0.131. The van der Waals surface area contributed by atoms with E-state index in [9.17, 15) is 9.18 Å². The summed E-state index contributed by atoms with van der Waals surface area (Å²) in [5, 5.41) is 3.95. The van der Waals surface area contributed by atoms with Crippen molar-refractivity contribution in [3.63, 3.8) is 0 Å². The molecule has 0 atom stereocenters. The Kier molecular flexibility index (Phi) is 5.99. The van der Waals surface area contributed by atoms with Crippen LogP contribution in [0.2, 0.25) is 5.02 Å². The highest BCUT2D eigenvalue weighted by Crippen LogP contribution is 2.21. The topological polar surface area (TPSA) is 35.6 Å². The molecule has 0 aromatic heterocycles. The van der Waals surface area contributed by atoms with Gasteiger partial charge in [0.2, 0.25) is 5.91 Å². The van der Waals surface area contributed by atoms with Crippen LogP contribution in [0, 0.1) is 12.7 Å². The standard InChI is InChI=1S/C20H23ClFN3O/c1-15-6-7-16(14-17(15)21)23-9-8-20(26)25-12-10-24(11-13-25)19-5-3-2-4-18(19)22/h2-7,14,23H,8-13H2,1H3. The lowest BCUT2D eigenvalue weighted by Gasteiger charge is -2.36. The van der Waals surface area contributed by atoms with Crippen LogP contribution in [-0.2, 0) is 4.79 Å². The minimum atomic E-state index is -0.215. The van der Waals surface area contributed by atoms with Crippen molar-refractivity contribution in [1.82, 2.24) is 4.90 Å². The predicted molar refractivity (Wildman–Crippen MR) is 104 cm³/mol. The molecule has 6 heteroatoms. The monoisotopic (exact) mass is 375 g/mol. The lowest BCUT2D eigenvalue weighted by Crippen LogP contribution is -2.49. The third kappa shape index (κ3) is 4.47. The van der Waals surface area contributed by atoms with E-state index in [1.165, 1.54) is 6.07 Å². The third-order valence-corrected chi connectivity index (χ3v) is 5.07. The van der Waals surface area contributed by atoms with Crippen LogP contribution in [0.5, 0.6) is 0 Å². The first-order valence-electron chi connectivity index (χ1n) is 8.82. The van der Waals surface area contributed by atoms with E-state index < -0.39 is 0 Å². The van der Waals surface area contributed by atoms with Crippen molar-refractivity contribution in [1.29, 1.82) is 0 Å². The van der Waals surface area contributed by atoms with Gasteiger partial charge in [0, 0.05) is 49.9 Å². The van der Waals surface area contributed by atoms with Crippen molar-refractivity contribution in [3.05, 3.63) is 58.9 Å². The molecule has 0 saturated carbocycles. The Balaban J connectivity index is 1.45. The predicted octanol–water partition coefficient (Wildman–Crippen LogP) is 3.94. The molecule has 1 fully saturated rings. The number of benzene rings is 2. The van der Waals surface area contributed by atoms with Gasteiger partial charge in [-0.1, -0.05) is 29.8 Å². The second-order valence-corrected chi connectivity index (χ2v) is 6.87.